The van der Waals surface area contributed by atoms with Gasteiger partial charge in [-0.1, -0.05) is 22.6 Å². The van der Waals surface area contributed by atoms with Crippen molar-refractivity contribution in [1.82, 2.24) is 0 Å². The van der Waals surface area contributed by atoms with Crippen LogP contribution in [-0.4, -0.2) is 22.3 Å². The first kappa shape index (κ1) is 8.96. The van der Waals surface area contributed by atoms with Gasteiger partial charge in [0.1, 0.15) is 0 Å². The molecule has 1 unspecified atom stereocenters. The van der Waals surface area contributed by atoms with Crippen LogP contribution in [0.25, 0.3) is 0 Å². The fourth-order valence-corrected chi connectivity index (χ4v) is 2.08. The Labute approximate surface area is 78.6 Å². The number of rotatable bonds is 1. The van der Waals surface area contributed by atoms with Gasteiger partial charge in [-0.15, -0.1) is 0 Å². The Kier molecular flexibility index (Phi) is 2.51. The van der Waals surface area contributed by atoms with Crippen molar-refractivity contribution in [2.45, 2.75) is 22.7 Å². The first-order valence-electron chi connectivity index (χ1n) is 3.42. The maximum Gasteiger partial charge on any atom is 0.329 e. The Bertz CT molecular complexity index is 202. The molecule has 0 radical (unpaired) electrons. The van der Waals surface area contributed by atoms with Crippen LogP contribution < -0.4 is 0 Å². The summed E-state index contributed by atoms with van der Waals surface area (Å²) in [6.45, 7) is 0. The molecule has 1 aliphatic rings. The summed E-state index contributed by atoms with van der Waals surface area (Å²) in [5.74, 6) is -0.398. The van der Waals surface area contributed by atoms with E-state index in [2.05, 4.69) is 4.74 Å². The Morgan fingerprint density at radius 2 is 2.36 bits per heavy atom. The fraction of sp³-hybridized carbons (Fsp3) is 0.714. The third-order valence-electron chi connectivity index (χ3n) is 1.88. The van der Waals surface area contributed by atoms with Crippen molar-refractivity contribution in [3.8, 4) is 0 Å². The third kappa shape index (κ3) is 1.40. The topological polar surface area (TPSA) is 43.4 Å². The molecule has 1 fully saturated rings. The molecule has 0 spiro atoms. The third-order valence-corrected chi connectivity index (χ3v) is 3.46. The van der Waals surface area contributed by atoms with Crippen LogP contribution in [0.15, 0.2) is 0 Å². The average molecular weight is 268 g/mol. The number of alkyl halides is 1. The van der Waals surface area contributed by atoms with Crippen molar-refractivity contribution in [1.29, 1.82) is 0 Å². The van der Waals surface area contributed by atoms with Crippen LogP contribution in [0.1, 0.15) is 19.3 Å². The molecule has 0 aromatic rings. The first-order chi connectivity index (χ1) is 5.11. The second-order valence-electron chi connectivity index (χ2n) is 2.57. The molecule has 0 bridgehead atoms. The highest BCUT2D eigenvalue weighted by Gasteiger charge is 2.47. The highest BCUT2D eigenvalue weighted by atomic mass is 127. The lowest BCUT2D eigenvalue weighted by atomic mass is 10.1. The summed E-state index contributed by atoms with van der Waals surface area (Å²) in [6.07, 6.45) is 1.94. The molecule has 11 heavy (non-hydrogen) atoms. The van der Waals surface area contributed by atoms with Gasteiger partial charge in [-0.25, -0.2) is 0 Å². The van der Waals surface area contributed by atoms with Gasteiger partial charge in [0.2, 0.25) is 0 Å². The zero-order valence-corrected chi connectivity index (χ0v) is 8.38. The zero-order valence-electron chi connectivity index (χ0n) is 6.22. The molecule has 1 aliphatic carbocycles. The molecular formula is C7H9IO3. The normalized spacial score (nSPS) is 30.5. The maximum atomic E-state index is 11.2. The first-order valence-corrected chi connectivity index (χ1v) is 4.50. The summed E-state index contributed by atoms with van der Waals surface area (Å²) in [6, 6.07) is 0. The number of esters is 1. The molecule has 1 atom stereocenters. The number of ketones is 1. The van der Waals surface area contributed by atoms with Gasteiger partial charge in [-0.05, 0) is 12.8 Å². The summed E-state index contributed by atoms with van der Waals surface area (Å²) >= 11 is 1.89. The van der Waals surface area contributed by atoms with E-state index in [-0.39, 0.29) is 5.78 Å². The summed E-state index contributed by atoms with van der Waals surface area (Å²) in [5, 5.41) is 0. The van der Waals surface area contributed by atoms with Crippen LogP contribution >= 0.6 is 22.6 Å². The number of Topliss-reactive ketones (excluding diaryl/α,β-unsaturated/α-hetero) is 1. The Morgan fingerprint density at radius 1 is 1.73 bits per heavy atom. The van der Waals surface area contributed by atoms with Gasteiger partial charge < -0.3 is 4.74 Å². The maximum absolute atomic E-state index is 11.2. The molecule has 1 rings (SSSR count). The molecule has 0 saturated heterocycles. The van der Waals surface area contributed by atoms with Crippen molar-refractivity contribution in [2.75, 3.05) is 7.11 Å². The smallest absolute Gasteiger partial charge is 0.329 e. The fourth-order valence-electron chi connectivity index (χ4n) is 1.21. The predicted molar refractivity (Wildman–Crippen MR) is 47.6 cm³/mol. The van der Waals surface area contributed by atoms with Gasteiger partial charge in [0.25, 0.3) is 0 Å². The second kappa shape index (κ2) is 3.08. The molecule has 0 aromatic heterocycles. The van der Waals surface area contributed by atoms with Gasteiger partial charge in [-0.3, -0.25) is 9.59 Å². The van der Waals surface area contributed by atoms with E-state index in [1.165, 1.54) is 7.11 Å². The van der Waals surface area contributed by atoms with Crippen LogP contribution in [0.3, 0.4) is 0 Å². The minimum absolute atomic E-state index is 0.00458. The Balaban J connectivity index is 2.80. The molecule has 0 heterocycles. The van der Waals surface area contributed by atoms with E-state index in [0.717, 1.165) is 6.42 Å². The van der Waals surface area contributed by atoms with Gasteiger partial charge in [0.05, 0.1) is 7.11 Å². The number of ether oxygens (including phenoxy) is 1. The molecule has 0 N–H and O–H groups in total. The number of carbonyl (C=O) groups excluding carboxylic acids is 2. The van der Waals surface area contributed by atoms with Gasteiger partial charge in [-0.2, -0.15) is 0 Å². The number of hydrogen-bond acceptors (Lipinski definition) is 3. The van der Waals surface area contributed by atoms with Crippen molar-refractivity contribution >= 4 is 34.3 Å². The summed E-state index contributed by atoms with van der Waals surface area (Å²) < 4.78 is 3.67. The molecule has 3 nitrogen and oxygen atoms in total. The van der Waals surface area contributed by atoms with Crippen molar-refractivity contribution < 1.29 is 14.3 Å². The number of methoxy groups -OCH3 is 1. The lowest BCUT2D eigenvalue weighted by Gasteiger charge is -2.15. The standard InChI is InChI=1S/C7H9IO3/c1-11-6(10)7(8)4-2-3-5(7)9/h2-4H2,1H3. The minimum Gasteiger partial charge on any atom is -0.468 e. The molecule has 0 aromatic carbocycles. The lowest BCUT2D eigenvalue weighted by Crippen LogP contribution is -2.36. The van der Waals surface area contributed by atoms with Gasteiger partial charge in [0.15, 0.2) is 9.20 Å². The van der Waals surface area contributed by atoms with Gasteiger partial charge in [0, 0.05) is 6.42 Å². The van der Waals surface area contributed by atoms with E-state index in [1.54, 1.807) is 0 Å². The monoisotopic (exact) mass is 268 g/mol. The van der Waals surface area contributed by atoms with E-state index in [1.807, 2.05) is 22.6 Å². The largest absolute Gasteiger partial charge is 0.468 e. The molecule has 0 amide bonds. The molecule has 1 saturated carbocycles. The number of hydrogen-bond donors (Lipinski definition) is 0. The van der Waals surface area contributed by atoms with Gasteiger partial charge >= 0.3 is 5.97 Å². The van der Waals surface area contributed by atoms with E-state index in [0.29, 0.717) is 12.8 Å². The minimum atomic E-state index is -0.869. The molecular weight excluding hydrogens is 259 g/mol. The number of halogens is 1. The summed E-state index contributed by atoms with van der Waals surface area (Å²) in [4.78, 5) is 22.3. The highest BCUT2D eigenvalue weighted by molar-refractivity contribution is 14.1. The van der Waals surface area contributed by atoms with Crippen molar-refractivity contribution in [2.24, 2.45) is 0 Å². The van der Waals surface area contributed by atoms with Crippen molar-refractivity contribution in [3.05, 3.63) is 0 Å². The predicted octanol–water partition coefficient (Wildman–Crippen LogP) is 1.09. The van der Waals surface area contributed by atoms with E-state index in [9.17, 15) is 9.59 Å². The molecule has 4 heteroatoms. The zero-order chi connectivity index (χ0) is 8.48. The quantitative estimate of drug-likeness (QED) is 0.309. The SMILES string of the molecule is COC(=O)C1(I)CCCC1=O. The lowest BCUT2D eigenvalue weighted by molar-refractivity contribution is -0.145. The van der Waals surface area contributed by atoms with Crippen LogP contribution in [0.2, 0.25) is 0 Å². The van der Waals surface area contributed by atoms with E-state index >= 15 is 0 Å². The van der Waals surface area contributed by atoms with E-state index in [4.69, 9.17) is 0 Å². The average Bonchev–Trinajstić information content (AvgIpc) is 2.32. The summed E-state index contributed by atoms with van der Waals surface area (Å²) in [7, 11) is 1.31. The van der Waals surface area contributed by atoms with E-state index < -0.39 is 9.39 Å². The van der Waals surface area contributed by atoms with Crippen LogP contribution in [0.4, 0.5) is 0 Å². The Morgan fingerprint density at radius 3 is 2.73 bits per heavy atom. The highest BCUT2D eigenvalue weighted by Crippen LogP contribution is 2.35. The van der Waals surface area contributed by atoms with Crippen molar-refractivity contribution in [3.63, 3.8) is 0 Å². The molecule has 62 valence electrons. The summed E-state index contributed by atoms with van der Waals surface area (Å²) in [5.41, 5.74) is 0. The second-order valence-corrected chi connectivity index (χ2v) is 4.41. The van der Waals surface area contributed by atoms with Crippen LogP contribution in [0.5, 0.6) is 0 Å². The van der Waals surface area contributed by atoms with Crippen LogP contribution in [0, 0.1) is 0 Å². The molecule has 0 aliphatic heterocycles. The number of carbonyl (C=O) groups is 2. The Hall–Kier alpha value is -0.130. The van der Waals surface area contributed by atoms with Crippen LogP contribution in [-0.2, 0) is 14.3 Å².